The molecule has 0 saturated heterocycles. The third kappa shape index (κ3) is 6.47. The summed E-state index contributed by atoms with van der Waals surface area (Å²) >= 11 is 0. The molecule has 3 rings (SSSR count). The van der Waals surface area contributed by atoms with Gasteiger partial charge < -0.3 is 19.2 Å². The minimum absolute atomic E-state index is 0.221. The molecular weight excluding hydrogens is 432 g/mol. The van der Waals surface area contributed by atoms with Crippen molar-refractivity contribution in [1.82, 2.24) is 9.88 Å². The summed E-state index contributed by atoms with van der Waals surface area (Å²) < 4.78 is 11.5. The van der Waals surface area contributed by atoms with E-state index in [1.807, 2.05) is 32.0 Å². The quantitative estimate of drug-likeness (QED) is 0.394. The fraction of sp³-hybridized carbons (Fsp3) is 0.370. The number of ether oxygens (including phenoxy) is 1. The minimum Gasteiger partial charge on any atom is -0.493 e. The maximum Gasteiger partial charge on any atom is 0.326 e. The lowest BCUT2D eigenvalue weighted by Crippen LogP contribution is -2.48. The SMILES string of the molecule is C/C=C/C=C/C(=O)N1Cc2cc(OCCc3coc(/C(C)=C/CCC)n3)ccc2C[C@H]1C(=O)O. The maximum absolute atomic E-state index is 12.6. The second kappa shape index (κ2) is 12.0. The summed E-state index contributed by atoms with van der Waals surface area (Å²) in [5.74, 6) is -0.0244. The molecule has 0 saturated carbocycles. The van der Waals surface area contributed by atoms with E-state index in [0.717, 1.165) is 35.2 Å². The van der Waals surface area contributed by atoms with Gasteiger partial charge in [-0.3, -0.25) is 4.79 Å². The standard InChI is InChI=1S/C27H32N2O5/c1-4-6-8-10-25(30)29-17-21-15-23(12-11-20(21)16-24(29)27(31)32)33-14-13-22-18-34-26(28-22)19(3)9-7-5-2/h4,6,8-12,15,18,24H,5,7,13-14,16-17H2,1-3H3,(H,31,32)/b6-4+,10-8+,19-9+/t24-/m0/s1. The van der Waals surface area contributed by atoms with Crippen LogP contribution in [0.5, 0.6) is 5.75 Å². The van der Waals surface area contributed by atoms with Gasteiger partial charge in [-0.1, -0.05) is 43.7 Å². The van der Waals surface area contributed by atoms with Crippen molar-refractivity contribution >= 4 is 17.4 Å². The molecule has 7 heteroatoms. The van der Waals surface area contributed by atoms with Crippen molar-refractivity contribution in [3.05, 3.63) is 77.6 Å². The van der Waals surface area contributed by atoms with Gasteiger partial charge in [0.25, 0.3) is 0 Å². The number of nitrogens with zero attached hydrogens (tertiary/aromatic N) is 2. The highest BCUT2D eigenvalue weighted by Crippen LogP contribution is 2.28. The average molecular weight is 465 g/mol. The van der Waals surface area contributed by atoms with Gasteiger partial charge >= 0.3 is 5.97 Å². The van der Waals surface area contributed by atoms with Crippen molar-refractivity contribution in [2.24, 2.45) is 0 Å². The zero-order valence-electron chi connectivity index (χ0n) is 20.0. The highest BCUT2D eigenvalue weighted by molar-refractivity contribution is 5.92. The molecule has 1 N–H and O–H groups in total. The van der Waals surface area contributed by atoms with Gasteiger partial charge in [0, 0.05) is 31.0 Å². The van der Waals surface area contributed by atoms with Crippen LogP contribution >= 0.6 is 0 Å². The number of benzene rings is 1. The summed E-state index contributed by atoms with van der Waals surface area (Å²) in [6.45, 7) is 6.62. The molecule has 180 valence electrons. The van der Waals surface area contributed by atoms with Crippen molar-refractivity contribution in [1.29, 1.82) is 0 Å². The second-order valence-corrected chi connectivity index (χ2v) is 8.26. The lowest BCUT2D eigenvalue weighted by atomic mass is 9.93. The Kier molecular flexibility index (Phi) is 8.85. The van der Waals surface area contributed by atoms with Gasteiger partial charge in [0.2, 0.25) is 11.8 Å². The van der Waals surface area contributed by atoms with Gasteiger partial charge in [0.15, 0.2) is 0 Å². The number of amides is 1. The van der Waals surface area contributed by atoms with Crippen LogP contribution in [-0.2, 0) is 29.0 Å². The van der Waals surface area contributed by atoms with E-state index in [-0.39, 0.29) is 18.9 Å². The van der Waals surface area contributed by atoms with Gasteiger partial charge in [-0.25, -0.2) is 9.78 Å². The fourth-order valence-corrected chi connectivity index (χ4v) is 3.77. The van der Waals surface area contributed by atoms with E-state index in [9.17, 15) is 14.7 Å². The number of carbonyl (C=O) groups is 2. The van der Waals surface area contributed by atoms with Crippen molar-refractivity contribution < 1.29 is 23.8 Å². The lowest BCUT2D eigenvalue weighted by Gasteiger charge is -2.34. The highest BCUT2D eigenvalue weighted by Gasteiger charge is 2.33. The number of unbranched alkanes of at least 4 members (excludes halogenated alkanes) is 1. The number of hydrogen-bond acceptors (Lipinski definition) is 5. The molecule has 7 nitrogen and oxygen atoms in total. The summed E-state index contributed by atoms with van der Waals surface area (Å²) in [7, 11) is 0. The van der Waals surface area contributed by atoms with Crippen LogP contribution in [0.4, 0.5) is 0 Å². The van der Waals surface area contributed by atoms with E-state index in [0.29, 0.717) is 24.7 Å². The largest absolute Gasteiger partial charge is 0.493 e. The number of allylic oxidation sites excluding steroid dienone is 5. The molecule has 0 spiro atoms. The van der Waals surface area contributed by atoms with Gasteiger partial charge in [0.05, 0.1) is 12.3 Å². The predicted octanol–water partition coefficient (Wildman–Crippen LogP) is 4.97. The van der Waals surface area contributed by atoms with E-state index < -0.39 is 12.0 Å². The number of fused-ring (bicyclic) bond motifs is 1. The number of carboxylic acids is 1. The molecule has 2 aromatic rings. The number of hydrogen-bond donors (Lipinski definition) is 1. The molecule has 1 amide bonds. The Morgan fingerprint density at radius 1 is 1.29 bits per heavy atom. The smallest absolute Gasteiger partial charge is 0.326 e. The van der Waals surface area contributed by atoms with Crippen molar-refractivity contribution in [3.8, 4) is 5.75 Å². The fourth-order valence-electron chi connectivity index (χ4n) is 3.77. The molecular formula is C27H32N2O5. The Morgan fingerprint density at radius 3 is 2.85 bits per heavy atom. The van der Waals surface area contributed by atoms with Crippen molar-refractivity contribution in [2.45, 2.75) is 59.0 Å². The first-order valence-electron chi connectivity index (χ1n) is 11.6. The number of rotatable bonds is 10. The molecule has 0 unspecified atom stereocenters. The Bertz CT molecular complexity index is 1100. The number of oxazole rings is 1. The first-order chi connectivity index (χ1) is 16.4. The molecule has 1 aliphatic rings. The normalized spacial score (nSPS) is 16.3. The third-order valence-corrected chi connectivity index (χ3v) is 5.67. The molecule has 1 aromatic carbocycles. The minimum atomic E-state index is -1.01. The Balaban J connectivity index is 1.64. The van der Waals surface area contributed by atoms with E-state index in [4.69, 9.17) is 9.15 Å². The number of carboxylic acid groups (broad SMARTS) is 1. The van der Waals surface area contributed by atoms with E-state index in [1.54, 1.807) is 24.5 Å². The number of aromatic nitrogens is 1. The third-order valence-electron chi connectivity index (χ3n) is 5.67. The van der Waals surface area contributed by atoms with Crippen LogP contribution < -0.4 is 4.74 Å². The number of aliphatic carboxylic acids is 1. The summed E-state index contributed by atoms with van der Waals surface area (Å²) in [5.41, 5.74) is 3.66. The van der Waals surface area contributed by atoms with Crippen LogP contribution in [0.3, 0.4) is 0 Å². The van der Waals surface area contributed by atoms with Gasteiger partial charge in [-0.15, -0.1) is 0 Å². The molecule has 2 heterocycles. The molecule has 1 aliphatic heterocycles. The van der Waals surface area contributed by atoms with Crippen LogP contribution in [-0.4, -0.2) is 39.5 Å². The van der Waals surface area contributed by atoms with E-state index in [1.165, 1.54) is 11.0 Å². The summed E-state index contributed by atoms with van der Waals surface area (Å²) in [5, 5.41) is 9.64. The monoisotopic (exact) mass is 464 g/mol. The summed E-state index contributed by atoms with van der Waals surface area (Å²) in [6, 6.07) is 4.72. The molecule has 0 aliphatic carbocycles. The van der Waals surface area contributed by atoms with Gasteiger partial charge in [-0.2, -0.15) is 0 Å². The first-order valence-corrected chi connectivity index (χ1v) is 11.6. The van der Waals surface area contributed by atoms with E-state index in [2.05, 4.69) is 18.0 Å². The van der Waals surface area contributed by atoms with Crippen molar-refractivity contribution in [2.75, 3.05) is 6.61 Å². The van der Waals surface area contributed by atoms with Crippen LogP contribution in [0.25, 0.3) is 5.57 Å². The van der Waals surface area contributed by atoms with Crippen LogP contribution in [0.2, 0.25) is 0 Å². The maximum atomic E-state index is 12.6. The molecule has 0 fully saturated rings. The topological polar surface area (TPSA) is 92.9 Å². The molecule has 1 aromatic heterocycles. The Labute approximate surface area is 200 Å². The average Bonchev–Trinajstić information content (AvgIpc) is 3.30. The number of carbonyl (C=O) groups excluding carboxylic acids is 1. The van der Waals surface area contributed by atoms with E-state index >= 15 is 0 Å². The summed E-state index contributed by atoms with van der Waals surface area (Å²) in [4.78, 5) is 30.3. The zero-order chi connectivity index (χ0) is 24.5. The first kappa shape index (κ1) is 25.0. The molecule has 0 radical (unpaired) electrons. The molecule has 0 bridgehead atoms. The van der Waals surface area contributed by atoms with Crippen molar-refractivity contribution in [3.63, 3.8) is 0 Å². The summed E-state index contributed by atoms with van der Waals surface area (Å²) in [6.07, 6.45) is 13.3. The van der Waals surface area contributed by atoms with Gasteiger partial charge in [-0.05, 0) is 43.5 Å². The second-order valence-electron chi connectivity index (χ2n) is 8.26. The van der Waals surface area contributed by atoms with Crippen LogP contribution in [0.1, 0.15) is 56.3 Å². The predicted molar refractivity (Wildman–Crippen MR) is 130 cm³/mol. The Morgan fingerprint density at radius 2 is 2.12 bits per heavy atom. The van der Waals surface area contributed by atoms with Gasteiger partial charge in [0.1, 0.15) is 18.1 Å². The lowest BCUT2D eigenvalue weighted by molar-refractivity contribution is -0.149. The zero-order valence-corrected chi connectivity index (χ0v) is 20.0. The highest BCUT2D eigenvalue weighted by atomic mass is 16.5. The molecule has 34 heavy (non-hydrogen) atoms. The van der Waals surface area contributed by atoms with Crippen LogP contribution in [0.15, 0.2) is 59.3 Å². The molecule has 1 atom stereocenters. The Hall–Kier alpha value is -3.61. The van der Waals surface area contributed by atoms with Crippen LogP contribution in [0, 0.1) is 0 Å².